The largest absolute Gasteiger partial charge is 0.491 e. The molecule has 0 aliphatic heterocycles. The number of alkyl halides is 3. The smallest absolute Gasteiger partial charge is 0.433 e. The van der Waals surface area contributed by atoms with Gasteiger partial charge >= 0.3 is 12.1 Å². The molecule has 0 atom stereocenters. The molecule has 1 aromatic carbocycles. The van der Waals surface area contributed by atoms with Gasteiger partial charge in [0.2, 0.25) is 0 Å². The maximum atomic E-state index is 13.2. The monoisotopic (exact) mass is 370 g/mol. The van der Waals surface area contributed by atoms with Gasteiger partial charge in [-0.05, 0) is 38.1 Å². The molecule has 0 spiro atoms. The Bertz CT molecular complexity index is 927. The van der Waals surface area contributed by atoms with Crippen molar-refractivity contribution in [2.24, 2.45) is 0 Å². The number of ether oxygens (including phenoxy) is 1. The van der Waals surface area contributed by atoms with Crippen molar-refractivity contribution in [2.75, 3.05) is 0 Å². The number of halogens is 3. The molecule has 2 heterocycles. The molecule has 5 nitrogen and oxygen atoms in total. The molecule has 2 aromatic heterocycles. The molecule has 9 heteroatoms. The van der Waals surface area contributed by atoms with Crippen molar-refractivity contribution in [3.63, 3.8) is 0 Å². The van der Waals surface area contributed by atoms with E-state index in [-0.39, 0.29) is 11.1 Å². The fraction of sp³-hybridized carbons (Fsp3) is 0.250. The minimum Gasteiger partial charge on any atom is -0.491 e. The van der Waals surface area contributed by atoms with Crippen molar-refractivity contribution in [1.82, 2.24) is 9.38 Å². The lowest BCUT2D eigenvalue weighted by molar-refractivity contribution is -0.142. The van der Waals surface area contributed by atoms with E-state index in [1.54, 1.807) is 24.3 Å². The Labute approximate surface area is 144 Å². The van der Waals surface area contributed by atoms with Crippen molar-refractivity contribution < 1.29 is 27.8 Å². The van der Waals surface area contributed by atoms with E-state index in [9.17, 15) is 18.0 Å². The number of hydrogen-bond acceptors (Lipinski definition) is 4. The van der Waals surface area contributed by atoms with Crippen LogP contribution in [0.4, 0.5) is 13.2 Å². The van der Waals surface area contributed by atoms with Gasteiger partial charge in [0.05, 0.1) is 11.8 Å². The minimum absolute atomic E-state index is 0.00702. The van der Waals surface area contributed by atoms with Crippen molar-refractivity contribution in [3.05, 3.63) is 41.0 Å². The number of carboxylic acids is 1. The summed E-state index contributed by atoms with van der Waals surface area (Å²) in [5, 5.41) is 8.99. The van der Waals surface area contributed by atoms with Gasteiger partial charge in [0, 0.05) is 11.8 Å². The average Bonchev–Trinajstić information content (AvgIpc) is 3.03. The van der Waals surface area contributed by atoms with E-state index in [0.717, 1.165) is 4.40 Å². The van der Waals surface area contributed by atoms with Crippen LogP contribution in [0.3, 0.4) is 0 Å². The van der Waals surface area contributed by atoms with Gasteiger partial charge in [0.25, 0.3) is 0 Å². The molecule has 132 valence electrons. The summed E-state index contributed by atoms with van der Waals surface area (Å²) in [6.45, 7) is 3.77. The Hall–Kier alpha value is -2.55. The molecule has 0 saturated heterocycles. The van der Waals surface area contributed by atoms with Crippen LogP contribution in [0.25, 0.3) is 16.2 Å². The molecular weight excluding hydrogens is 357 g/mol. The van der Waals surface area contributed by atoms with Gasteiger partial charge in [-0.25, -0.2) is 9.78 Å². The molecule has 3 aromatic rings. The topological polar surface area (TPSA) is 63.8 Å². The third-order valence-electron chi connectivity index (χ3n) is 3.31. The highest BCUT2D eigenvalue weighted by Crippen LogP contribution is 2.38. The fourth-order valence-electron chi connectivity index (χ4n) is 2.37. The summed E-state index contributed by atoms with van der Waals surface area (Å²) in [5.41, 5.74) is -0.291. The van der Waals surface area contributed by atoms with Gasteiger partial charge in [-0.3, -0.25) is 4.40 Å². The van der Waals surface area contributed by atoms with E-state index < -0.39 is 22.7 Å². The zero-order chi connectivity index (χ0) is 18.4. The molecule has 0 fully saturated rings. The van der Waals surface area contributed by atoms with Gasteiger partial charge in [0.1, 0.15) is 10.6 Å². The highest BCUT2D eigenvalue weighted by atomic mass is 32.1. The molecule has 25 heavy (non-hydrogen) atoms. The number of fused-ring (bicyclic) bond motifs is 1. The number of thiazole rings is 1. The van der Waals surface area contributed by atoms with Crippen LogP contribution in [-0.2, 0) is 6.18 Å². The second-order valence-electron chi connectivity index (χ2n) is 5.55. The maximum absolute atomic E-state index is 13.2. The van der Waals surface area contributed by atoms with E-state index in [0.29, 0.717) is 28.3 Å². The summed E-state index contributed by atoms with van der Waals surface area (Å²) in [6, 6.07) is 6.79. The highest BCUT2D eigenvalue weighted by Gasteiger charge is 2.40. The third kappa shape index (κ3) is 3.32. The van der Waals surface area contributed by atoms with Crippen LogP contribution < -0.4 is 4.74 Å². The number of aromatic nitrogens is 2. The molecular formula is C16H13F3N2O3S. The van der Waals surface area contributed by atoms with Crippen molar-refractivity contribution >= 4 is 22.3 Å². The number of benzene rings is 1. The van der Waals surface area contributed by atoms with Gasteiger partial charge in [0.15, 0.2) is 10.7 Å². The van der Waals surface area contributed by atoms with Gasteiger partial charge < -0.3 is 9.84 Å². The van der Waals surface area contributed by atoms with Crippen molar-refractivity contribution in [3.8, 4) is 17.0 Å². The lowest BCUT2D eigenvalue weighted by Gasteiger charge is -2.09. The highest BCUT2D eigenvalue weighted by molar-refractivity contribution is 7.19. The molecule has 0 radical (unpaired) electrons. The lowest BCUT2D eigenvalue weighted by atomic mass is 10.1. The van der Waals surface area contributed by atoms with Crippen LogP contribution in [-0.4, -0.2) is 26.6 Å². The fourth-order valence-corrected chi connectivity index (χ4v) is 3.34. The zero-order valence-corrected chi connectivity index (χ0v) is 14.0. The first-order valence-electron chi connectivity index (χ1n) is 7.26. The lowest BCUT2D eigenvalue weighted by Crippen LogP contribution is -2.13. The predicted octanol–water partition coefficient (Wildman–Crippen LogP) is 4.57. The Morgan fingerprint density at radius 2 is 1.92 bits per heavy atom. The molecule has 0 saturated carbocycles. The first-order valence-corrected chi connectivity index (χ1v) is 8.08. The van der Waals surface area contributed by atoms with Gasteiger partial charge in [-0.1, -0.05) is 11.3 Å². The molecule has 1 N–H and O–H groups in total. The van der Waals surface area contributed by atoms with E-state index in [2.05, 4.69) is 4.98 Å². The standard InChI is InChI=1S/C16H13F3N2O3S/c1-8(2)24-10-5-3-9(4-6-10)11-7-21-13(16(17,18)19)12(14(22)23)25-15(21)20-11/h3-8H,1-2H3,(H,22,23). The van der Waals surface area contributed by atoms with E-state index in [1.165, 1.54) is 6.20 Å². The normalized spacial score (nSPS) is 12.1. The van der Waals surface area contributed by atoms with Gasteiger partial charge in [-0.15, -0.1) is 0 Å². The minimum atomic E-state index is -4.79. The van der Waals surface area contributed by atoms with Crippen molar-refractivity contribution in [2.45, 2.75) is 26.1 Å². The first-order chi connectivity index (χ1) is 11.7. The quantitative estimate of drug-likeness (QED) is 0.731. The molecule has 3 rings (SSSR count). The zero-order valence-electron chi connectivity index (χ0n) is 13.2. The molecule has 0 aliphatic rings. The van der Waals surface area contributed by atoms with E-state index in [1.807, 2.05) is 13.8 Å². The first kappa shape index (κ1) is 17.3. The van der Waals surface area contributed by atoms with Crippen LogP contribution in [0.2, 0.25) is 0 Å². The molecule has 0 aliphatic carbocycles. The van der Waals surface area contributed by atoms with Crippen LogP contribution >= 0.6 is 11.3 Å². The Morgan fingerprint density at radius 1 is 1.28 bits per heavy atom. The summed E-state index contributed by atoms with van der Waals surface area (Å²) in [4.78, 5) is 14.4. The number of rotatable bonds is 4. The Morgan fingerprint density at radius 3 is 2.44 bits per heavy atom. The molecule has 0 bridgehead atoms. The third-order valence-corrected chi connectivity index (χ3v) is 4.35. The summed E-state index contributed by atoms with van der Waals surface area (Å²) in [6.07, 6.45) is -3.59. The van der Waals surface area contributed by atoms with E-state index in [4.69, 9.17) is 9.84 Å². The van der Waals surface area contributed by atoms with Gasteiger partial charge in [-0.2, -0.15) is 13.2 Å². The molecule has 0 unspecified atom stereocenters. The summed E-state index contributed by atoms with van der Waals surface area (Å²) in [7, 11) is 0. The Balaban J connectivity index is 2.05. The second-order valence-corrected chi connectivity index (χ2v) is 6.53. The SMILES string of the molecule is CC(C)Oc1ccc(-c2cn3c(C(F)(F)F)c(C(=O)O)sc3n2)cc1. The number of aromatic carboxylic acids is 1. The molecule has 0 amide bonds. The summed E-state index contributed by atoms with van der Waals surface area (Å²) >= 11 is 0.494. The van der Waals surface area contributed by atoms with Crippen LogP contribution in [0, 0.1) is 0 Å². The average molecular weight is 370 g/mol. The van der Waals surface area contributed by atoms with E-state index >= 15 is 0 Å². The van der Waals surface area contributed by atoms with Crippen LogP contribution in [0.1, 0.15) is 29.2 Å². The number of imidazole rings is 1. The van der Waals surface area contributed by atoms with Crippen molar-refractivity contribution in [1.29, 1.82) is 0 Å². The number of carbonyl (C=O) groups is 1. The van der Waals surface area contributed by atoms with Crippen LogP contribution in [0.5, 0.6) is 5.75 Å². The second kappa shape index (κ2) is 6.07. The number of nitrogens with zero attached hydrogens (tertiary/aromatic N) is 2. The van der Waals surface area contributed by atoms with Crippen LogP contribution in [0.15, 0.2) is 30.5 Å². The maximum Gasteiger partial charge on any atom is 0.433 e. The Kier molecular flexibility index (Phi) is 4.19. The summed E-state index contributed by atoms with van der Waals surface area (Å²) in [5.74, 6) is -0.983. The summed E-state index contributed by atoms with van der Waals surface area (Å²) < 4.78 is 46.0. The predicted molar refractivity (Wildman–Crippen MR) is 86.2 cm³/mol. The number of hydrogen-bond donors (Lipinski definition) is 1. The number of carboxylic acid groups (broad SMARTS) is 1.